The molecular formula is C15H16N2O2S. The zero-order valence-electron chi connectivity index (χ0n) is 11.2. The number of nitrogens with one attached hydrogen (secondary N) is 1. The highest BCUT2D eigenvalue weighted by Crippen LogP contribution is 2.12. The zero-order valence-corrected chi connectivity index (χ0v) is 12.0. The number of carbonyl (C=O) groups excluding carboxylic acids is 1. The lowest BCUT2D eigenvalue weighted by Crippen LogP contribution is -2.16. The third-order valence-electron chi connectivity index (χ3n) is 2.78. The average molecular weight is 288 g/mol. The lowest BCUT2D eigenvalue weighted by atomic mass is 10.2. The Morgan fingerprint density at radius 2 is 1.95 bits per heavy atom. The predicted octanol–water partition coefficient (Wildman–Crippen LogP) is 2.53. The first-order valence-corrected chi connectivity index (χ1v) is 7.67. The zero-order chi connectivity index (χ0) is 14.4. The van der Waals surface area contributed by atoms with Gasteiger partial charge in [-0.1, -0.05) is 6.07 Å². The molecule has 0 aliphatic carbocycles. The number of nitrogens with zero attached hydrogens (tertiary/aromatic N) is 1. The van der Waals surface area contributed by atoms with E-state index in [1.54, 1.807) is 46.8 Å². The molecule has 0 aliphatic rings. The minimum absolute atomic E-state index is 0.00368. The molecule has 1 N–H and O–H groups in total. The summed E-state index contributed by atoms with van der Waals surface area (Å²) in [5.74, 6) is 0.813. The standard InChI is InChI=1S/C15H16N2O2S/c1-20-11-9-14(18)16-12-5-7-13(8-6-12)17-10-3-2-4-15(17)19/h2-8,10H,9,11H2,1H3,(H,16,18). The summed E-state index contributed by atoms with van der Waals surface area (Å²) in [4.78, 5) is 23.3. The van der Waals surface area contributed by atoms with Crippen molar-refractivity contribution in [2.45, 2.75) is 6.42 Å². The molecule has 0 fully saturated rings. The summed E-state index contributed by atoms with van der Waals surface area (Å²) in [6.07, 6.45) is 4.19. The third kappa shape index (κ3) is 3.74. The van der Waals surface area contributed by atoms with Crippen LogP contribution in [-0.2, 0) is 4.79 Å². The van der Waals surface area contributed by atoms with Crippen LogP contribution in [0, 0.1) is 0 Å². The topological polar surface area (TPSA) is 51.1 Å². The van der Waals surface area contributed by atoms with Crippen molar-refractivity contribution in [1.82, 2.24) is 4.57 Å². The Bertz CT molecular complexity index is 635. The highest BCUT2D eigenvalue weighted by molar-refractivity contribution is 7.98. The maximum Gasteiger partial charge on any atom is 0.255 e. The molecule has 5 heteroatoms. The number of thioether (sulfide) groups is 1. The second-order valence-electron chi connectivity index (χ2n) is 4.25. The number of rotatable bonds is 5. The number of benzene rings is 1. The summed E-state index contributed by atoms with van der Waals surface area (Å²) in [6.45, 7) is 0. The van der Waals surface area contributed by atoms with E-state index in [9.17, 15) is 9.59 Å². The first-order chi connectivity index (χ1) is 9.70. The van der Waals surface area contributed by atoms with Gasteiger partial charge in [0.1, 0.15) is 0 Å². The van der Waals surface area contributed by atoms with Crippen molar-refractivity contribution in [3.8, 4) is 5.69 Å². The van der Waals surface area contributed by atoms with Crippen molar-refractivity contribution >= 4 is 23.4 Å². The van der Waals surface area contributed by atoms with E-state index in [-0.39, 0.29) is 11.5 Å². The first kappa shape index (κ1) is 14.4. The Balaban J connectivity index is 2.09. The Labute approximate surface area is 121 Å². The van der Waals surface area contributed by atoms with Gasteiger partial charge in [0.2, 0.25) is 5.91 Å². The van der Waals surface area contributed by atoms with Crippen molar-refractivity contribution < 1.29 is 4.79 Å². The van der Waals surface area contributed by atoms with Gasteiger partial charge >= 0.3 is 0 Å². The molecular weight excluding hydrogens is 272 g/mol. The molecule has 0 bridgehead atoms. The molecule has 0 radical (unpaired) electrons. The van der Waals surface area contributed by atoms with Crippen molar-refractivity contribution in [1.29, 1.82) is 0 Å². The van der Waals surface area contributed by atoms with Crippen LogP contribution < -0.4 is 10.9 Å². The van der Waals surface area contributed by atoms with Gasteiger partial charge < -0.3 is 5.32 Å². The van der Waals surface area contributed by atoms with Gasteiger partial charge in [-0.05, 0) is 36.6 Å². The molecule has 1 heterocycles. The van der Waals surface area contributed by atoms with Gasteiger partial charge in [-0.3, -0.25) is 14.2 Å². The monoisotopic (exact) mass is 288 g/mol. The Morgan fingerprint density at radius 1 is 1.20 bits per heavy atom. The van der Waals surface area contributed by atoms with Crippen LogP contribution in [0.5, 0.6) is 0 Å². The number of hydrogen-bond donors (Lipinski definition) is 1. The smallest absolute Gasteiger partial charge is 0.255 e. The maximum atomic E-state index is 11.7. The number of carbonyl (C=O) groups is 1. The summed E-state index contributed by atoms with van der Waals surface area (Å²) < 4.78 is 1.55. The maximum absolute atomic E-state index is 11.7. The number of aromatic nitrogens is 1. The van der Waals surface area contributed by atoms with Crippen LogP contribution in [0.1, 0.15) is 6.42 Å². The molecule has 104 valence electrons. The van der Waals surface area contributed by atoms with Gasteiger partial charge in [-0.15, -0.1) is 0 Å². The van der Waals surface area contributed by atoms with E-state index in [0.29, 0.717) is 6.42 Å². The second-order valence-corrected chi connectivity index (χ2v) is 5.23. The third-order valence-corrected chi connectivity index (χ3v) is 3.40. The molecule has 4 nitrogen and oxygen atoms in total. The summed E-state index contributed by atoms with van der Waals surface area (Å²) >= 11 is 1.64. The highest BCUT2D eigenvalue weighted by atomic mass is 32.2. The minimum Gasteiger partial charge on any atom is -0.326 e. The average Bonchev–Trinajstić information content (AvgIpc) is 2.47. The fraction of sp³-hybridized carbons (Fsp3) is 0.200. The minimum atomic E-state index is -0.0794. The van der Waals surface area contributed by atoms with E-state index in [4.69, 9.17) is 0 Å². The molecule has 0 unspecified atom stereocenters. The molecule has 2 aromatic rings. The van der Waals surface area contributed by atoms with E-state index < -0.39 is 0 Å². The molecule has 0 atom stereocenters. The molecule has 0 saturated heterocycles. The van der Waals surface area contributed by atoms with Crippen LogP contribution >= 0.6 is 11.8 Å². The molecule has 1 aromatic heterocycles. The highest BCUT2D eigenvalue weighted by Gasteiger charge is 2.02. The normalized spacial score (nSPS) is 10.2. The van der Waals surface area contributed by atoms with Crippen molar-refractivity contribution in [2.75, 3.05) is 17.3 Å². The first-order valence-electron chi connectivity index (χ1n) is 6.27. The van der Waals surface area contributed by atoms with E-state index in [0.717, 1.165) is 17.1 Å². The molecule has 1 aromatic carbocycles. The molecule has 1 amide bonds. The van der Waals surface area contributed by atoms with E-state index in [1.165, 1.54) is 6.07 Å². The summed E-state index contributed by atoms with van der Waals surface area (Å²) in [5, 5.41) is 2.83. The van der Waals surface area contributed by atoms with Crippen molar-refractivity contribution in [3.05, 3.63) is 59.0 Å². The van der Waals surface area contributed by atoms with Gasteiger partial charge in [0.25, 0.3) is 5.56 Å². The summed E-state index contributed by atoms with van der Waals surface area (Å²) in [6, 6.07) is 12.2. The van der Waals surface area contributed by atoms with Crippen LogP contribution in [0.2, 0.25) is 0 Å². The van der Waals surface area contributed by atoms with Gasteiger partial charge in [-0.2, -0.15) is 11.8 Å². The van der Waals surface area contributed by atoms with Crippen LogP contribution in [0.4, 0.5) is 5.69 Å². The Hall–Kier alpha value is -2.01. The number of pyridine rings is 1. The predicted molar refractivity (Wildman–Crippen MR) is 83.7 cm³/mol. The fourth-order valence-corrected chi connectivity index (χ4v) is 2.15. The summed E-state index contributed by atoms with van der Waals surface area (Å²) in [7, 11) is 0. The fourth-order valence-electron chi connectivity index (χ4n) is 1.76. The number of anilines is 1. The second kappa shape index (κ2) is 6.96. The number of amides is 1. The van der Waals surface area contributed by atoms with E-state index >= 15 is 0 Å². The van der Waals surface area contributed by atoms with Gasteiger partial charge in [0.15, 0.2) is 0 Å². The van der Waals surface area contributed by atoms with Crippen molar-refractivity contribution in [3.63, 3.8) is 0 Å². The lowest BCUT2D eigenvalue weighted by Gasteiger charge is -2.08. The van der Waals surface area contributed by atoms with Gasteiger partial charge in [0.05, 0.1) is 0 Å². The van der Waals surface area contributed by atoms with Crippen LogP contribution in [0.15, 0.2) is 53.5 Å². The van der Waals surface area contributed by atoms with E-state index in [2.05, 4.69) is 5.32 Å². The van der Waals surface area contributed by atoms with Gasteiger partial charge in [0, 0.05) is 35.8 Å². The number of hydrogen-bond acceptors (Lipinski definition) is 3. The quantitative estimate of drug-likeness (QED) is 0.920. The van der Waals surface area contributed by atoms with Gasteiger partial charge in [-0.25, -0.2) is 0 Å². The molecule has 0 spiro atoms. The van der Waals surface area contributed by atoms with Crippen LogP contribution in [0.25, 0.3) is 5.69 Å². The largest absolute Gasteiger partial charge is 0.326 e. The SMILES string of the molecule is CSCCC(=O)Nc1ccc(-n2ccccc2=O)cc1. The van der Waals surface area contributed by atoms with Crippen molar-refractivity contribution in [2.24, 2.45) is 0 Å². The Kier molecular flexibility index (Phi) is 5.01. The molecule has 0 aliphatic heterocycles. The molecule has 20 heavy (non-hydrogen) atoms. The summed E-state index contributed by atoms with van der Waals surface area (Å²) in [5.41, 5.74) is 1.44. The lowest BCUT2D eigenvalue weighted by molar-refractivity contribution is -0.115. The van der Waals surface area contributed by atoms with Crippen LogP contribution in [0.3, 0.4) is 0 Å². The molecule has 0 saturated carbocycles. The Morgan fingerprint density at radius 3 is 2.60 bits per heavy atom. The van der Waals surface area contributed by atoms with E-state index in [1.807, 2.05) is 18.4 Å². The molecule has 2 rings (SSSR count). The van der Waals surface area contributed by atoms with Crippen LogP contribution in [-0.4, -0.2) is 22.5 Å².